The molecule has 2 aromatic heterocycles. The second-order valence-electron chi connectivity index (χ2n) is 2.60. The molecule has 0 saturated heterocycles. The predicted molar refractivity (Wildman–Crippen MR) is 43.4 cm³/mol. The van der Waals surface area contributed by atoms with E-state index in [9.17, 15) is 0 Å². The Morgan fingerprint density at radius 2 is 2.15 bits per heavy atom. The summed E-state index contributed by atoms with van der Waals surface area (Å²) in [6, 6.07) is 0. The summed E-state index contributed by atoms with van der Waals surface area (Å²) >= 11 is 0. The lowest BCUT2D eigenvalue weighted by molar-refractivity contribution is 0.310. The van der Waals surface area contributed by atoms with Gasteiger partial charge in [-0.15, -0.1) is 0 Å². The van der Waals surface area contributed by atoms with Crippen molar-refractivity contribution in [1.82, 2.24) is 25.1 Å². The van der Waals surface area contributed by atoms with Crippen molar-refractivity contribution in [2.75, 3.05) is 5.73 Å². The number of nitrogens with two attached hydrogens (primary N) is 1. The van der Waals surface area contributed by atoms with Crippen LogP contribution in [0.3, 0.4) is 0 Å². The van der Waals surface area contributed by atoms with Crippen molar-refractivity contribution in [3.8, 4) is 11.5 Å². The molecule has 2 rings (SSSR count). The van der Waals surface area contributed by atoms with E-state index in [0.717, 1.165) is 0 Å². The zero-order valence-corrected chi connectivity index (χ0v) is 7.22. The Morgan fingerprint density at radius 3 is 2.62 bits per heavy atom. The molecule has 0 aliphatic rings. The van der Waals surface area contributed by atoms with Gasteiger partial charge in [-0.25, -0.2) is 14.3 Å². The molecule has 0 fully saturated rings. The van der Waals surface area contributed by atoms with E-state index in [4.69, 9.17) is 5.73 Å². The Kier molecular flexibility index (Phi) is 1.51. The number of aromatic nitrogens is 5. The van der Waals surface area contributed by atoms with Crippen LogP contribution in [-0.4, -0.2) is 25.1 Å². The van der Waals surface area contributed by atoms with Gasteiger partial charge in [-0.2, -0.15) is 5.10 Å². The van der Waals surface area contributed by atoms with Crippen LogP contribution in [0.2, 0.25) is 0 Å². The summed E-state index contributed by atoms with van der Waals surface area (Å²) in [6.07, 6.45) is 0. The minimum atomic E-state index is 0.218. The lowest BCUT2D eigenvalue weighted by Crippen LogP contribution is -1.97. The van der Waals surface area contributed by atoms with Crippen molar-refractivity contribution in [3.05, 3.63) is 5.82 Å². The minimum Gasteiger partial charge on any atom is -0.379 e. The molecule has 7 nitrogen and oxygen atoms in total. The third-order valence-corrected chi connectivity index (χ3v) is 1.59. The van der Waals surface area contributed by atoms with Crippen LogP contribution in [-0.2, 0) is 7.05 Å². The van der Waals surface area contributed by atoms with Crippen LogP contribution in [0.25, 0.3) is 11.5 Å². The summed E-state index contributed by atoms with van der Waals surface area (Å²) in [5.74, 6) is 1.42. The van der Waals surface area contributed by atoms with Gasteiger partial charge in [0.1, 0.15) is 5.82 Å². The highest BCUT2D eigenvalue weighted by Gasteiger charge is 2.15. The molecule has 0 aliphatic heterocycles. The summed E-state index contributed by atoms with van der Waals surface area (Å²) in [6.45, 7) is 1.78. The van der Waals surface area contributed by atoms with Crippen LogP contribution >= 0.6 is 0 Å². The summed E-state index contributed by atoms with van der Waals surface area (Å²) in [5.41, 5.74) is 5.92. The van der Waals surface area contributed by atoms with Crippen LogP contribution in [0, 0.1) is 6.92 Å². The zero-order chi connectivity index (χ0) is 9.42. The Morgan fingerprint density at radius 1 is 1.38 bits per heavy atom. The number of anilines is 1. The highest BCUT2D eigenvalue weighted by molar-refractivity contribution is 5.62. The van der Waals surface area contributed by atoms with Gasteiger partial charge in [0, 0.05) is 7.05 Å². The van der Waals surface area contributed by atoms with Gasteiger partial charge in [0.15, 0.2) is 17.3 Å². The molecule has 2 heterocycles. The van der Waals surface area contributed by atoms with Gasteiger partial charge in [0.25, 0.3) is 0 Å². The van der Waals surface area contributed by atoms with E-state index in [2.05, 4.69) is 25.0 Å². The van der Waals surface area contributed by atoms with Gasteiger partial charge in [0.2, 0.25) is 0 Å². The van der Waals surface area contributed by atoms with E-state index in [1.165, 1.54) is 0 Å². The average molecular weight is 180 g/mol. The maximum Gasteiger partial charge on any atom is 0.199 e. The first-order valence-corrected chi connectivity index (χ1v) is 3.64. The third kappa shape index (κ3) is 1.13. The fourth-order valence-electron chi connectivity index (χ4n) is 1.07. The topological polar surface area (TPSA) is 95.6 Å². The quantitative estimate of drug-likeness (QED) is 0.650. The van der Waals surface area contributed by atoms with Crippen LogP contribution in [0.15, 0.2) is 4.63 Å². The summed E-state index contributed by atoms with van der Waals surface area (Å²) in [4.78, 5) is 4.12. The molecule has 0 amide bonds. The van der Waals surface area contributed by atoms with E-state index >= 15 is 0 Å². The van der Waals surface area contributed by atoms with E-state index < -0.39 is 0 Å². The molecule has 0 radical (unpaired) electrons. The molecule has 0 aromatic carbocycles. The van der Waals surface area contributed by atoms with E-state index in [1.807, 2.05) is 0 Å². The molecular formula is C6H8N6O. The summed E-state index contributed by atoms with van der Waals surface area (Å²) < 4.78 is 6.03. The molecule has 0 atom stereocenters. The van der Waals surface area contributed by atoms with Crippen LogP contribution in [0.4, 0.5) is 5.82 Å². The Balaban J connectivity index is 2.58. The Labute approximate surface area is 73.5 Å². The third-order valence-electron chi connectivity index (χ3n) is 1.59. The first-order chi connectivity index (χ1) is 6.18. The summed E-state index contributed by atoms with van der Waals surface area (Å²) in [7, 11) is 1.75. The first-order valence-electron chi connectivity index (χ1n) is 3.64. The smallest absolute Gasteiger partial charge is 0.199 e. The molecule has 13 heavy (non-hydrogen) atoms. The molecule has 68 valence electrons. The monoisotopic (exact) mass is 180 g/mol. The number of nitrogen functional groups attached to an aromatic ring is 1. The lowest BCUT2D eigenvalue weighted by atomic mass is 10.4. The van der Waals surface area contributed by atoms with Gasteiger partial charge < -0.3 is 5.73 Å². The molecule has 0 aliphatic carbocycles. The highest BCUT2D eigenvalue weighted by atomic mass is 16.6. The average Bonchev–Trinajstić information content (AvgIpc) is 2.58. The molecule has 0 bridgehead atoms. The van der Waals surface area contributed by atoms with Crippen LogP contribution < -0.4 is 5.73 Å². The fourth-order valence-corrected chi connectivity index (χ4v) is 1.07. The number of nitrogens with zero attached hydrogens (tertiary/aromatic N) is 5. The van der Waals surface area contributed by atoms with E-state index in [1.54, 1.807) is 18.7 Å². The predicted octanol–water partition coefficient (Wildman–Crippen LogP) is -0.244. The minimum absolute atomic E-state index is 0.218. The fraction of sp³-hybridized carbons (Fsp3) is 0.333. The standard InChI is InChI=1S/C6H8N6O/c1-3-8-6(12(2)9-3)4-5(7)11-13-10-4/h1-2H3,(H2,7,11). The molecule has 2 aromatic rings. The van der Waals surface area contributed by atoms with Crippen molar-refractivity contribution < 1.29 is 4.63 Å². The molecule has 0 spiro atoms. The number of hydrogen-bond donors (Lipinski definition) is 1. The van der Waals surface area contributed by atoms with Gasteiger partial charge in [-0.05, 0) is 17.2 Å². The second-order valence-corrected chi connectivity index (χ2v) is 2.60. The SMILES string of the molecule is Cc1nc(-c2nonc2N)n(C)n1. The Hall–Kier alpha value is -1.92. The lowest BCUT2D eigenvalue weighted by Gasteiger charge is -1.92. The van der Waals surface area contributed by atoms with Crippen molar-refractivity contribution in [2.45, 2.75) is 6.92 Å². The van der Waals surface area contributed by atoms with Crippen molar-refractivity contribution in [3.63, 3.8) is 0 Å². The van der Waals surface area contributed by atoms with Crippen LogP contribution in [0.1, 0.15) is 5.82 Å². The van der Waals surface area contributed by atoms with Gasteiger partial charge in [-0.3, -0.25) is 0 Å². The van der Waals surface area contributed by atoms with E-state index in [0.29, 0.717) is 17.3 Å². The first kappa shape index (κ1) is 7.71. The molecule has 2 N–H and O–H groups in total. The largest absolute Gasteiger partial charge is 0.379 e. The normalized spacial score (nSPS) is 10.6. The molecule has 7 heteroatoms. The number of hydrogen-bond acceptors (Lipinski definition) is 6. The highest BCUT2D eigenvalue weighted by Crippen LogP contribution is 2.18. The Bertz CT molecular complexity index is 430. The molecular weight excluding hydrogens is 172 g/mol. The maximum absolute atomic E-state index is 5.50. The van der Waals surface area contributed by atoms with Gasteiger partial charge in [0.05, 0.1) is 0 Å². The number of rotatable bonds is 1. The van der Waals surface area contributed by atoms with Crippen molar-refractivity contribution in [2.24, 2.45) is 7.05 Å². The zero-order valence-electron chi connectivity index (χ0n) is 7.22. The van der Waals surface area contributed by atoms with E-state index in [-0.39, 0.29) is 5.82 Å². The second kappa shape index (κ2) is 2.54. The molecule has 0 unspecified atom stereocenters. The van der Waals surface area contributed by atoms with Crippen molar-refractivity contribution >= 4 is 5.82 Å². The van der Waals surface area contributed by atoms with Gasteiger partial charge in [-0.1, -0.05) is 0 Å². The van der Waals surface area contributed by atoms with Crippen molar-refractivity contribution in [1.29, 1.82) is 0 Å². The summed E-state index contributed by atoms with van der Waals surface area (Å²) in [5, 5.41) is 11.1. The van der Waals surface area contributed by atoms with Crippen LogP contribution in [0.5, 0.6) is 0 Å². The molecule has 0 saturated carbocycles. The maximum atomic E-state index is 5.50. The number of aryl methyl sites for hydroxylation is 2. The van der Waals surface area contributed by atoms with Gasteiger partial charge >= 0.3 is 0 Å².